The van der Waals surface area contributed by atoms with Crippen molar-refractivity contribution in [3.63, 3.8) is 0 Å². The van der Waals surface area contributed by atoms with Crippen molar-refractivity contribution in [3.05, 3.63) is 59.7 Å². The topological polar surface area (TPSA) is 29.5 Å². The molecule has 0 fully saturated rings. The molecule has 84 valence electrons. The van der Waals surface area contributed by atoms with Gasteiger partial charge in [0, 0.05) is 5.56 Å². The van der Waals surface area contributed by atoms with Crippen LogP contribution in [0, 0.1) is 11.8 Å². The van der Waals surface area contributed by atoms with Crippen molar-refractivity contribution in [2.75, 3.05) is 7.11 Å². The van der Waals surface area contributed by atoms with Crippen molar-refractivity contribution in [1.82, 2.24) is 0 Å². The first-order valence-corrected chi connectivity index (χ1v) is 5.23. The van der Waals surface area contributed by atoms with E-state index in [0.29, 0.717) is 5.56 Å². The number of para-hydroxylation sites is 1. The van der Waals surface area contributed by atoms with E-state index >= 15 is 0 Å². The lowest BCUT2D eigenvalue weighted by atomic mass is 10.1. The minimum absolute atomic E-state index is 0.202. The largest absolute Gasteiger partial charge is 0.507 e. The van der Waals surface area contributed by atoms with E-state index in [2.05, 4.69) is 11.8 Å². The highest BCUT2D eigenvalue weighted by atomic mass is 16.5. The molecule has 0 atom stereocenters. The van der Waals surface area contributed by atoms with Crippen molar-refractivity contribution in [3.8, 4) is 23.3 Å². The number of methoxy groups -OCH3 is 1. The Hall–Kier alpha value is -2.40. The van der Waals surface area contributed by atoms with Crippen LogP contribution < -0.4 is 4.74 Å². The summed E-state index contributed by atoms with van der Waals surface area (Å²) in [6, 6.07) is 14.5. The van der Waals surface area contributed by atoms with Gasteiger partial charge < -0.3 is 9.84 Å². The number of rotatable bonds is 1. The molecule has 2 aromatic rings. The van der Waals surface area contributed by atoms with Crippen LogP contribution in [0.15, 0.2) is 48.5 Å². The Balaban J connectivity index is 2.24. The predicted octanol–water partition coefficient (Wildman–Crippen LogP) is 2.80. The van der Waals surface area contributed by atoms with Crippen molar-refractivity contribution in [2.45, 2.75) is 0 Å². The molecule has 0 spiro atoms. The molecule has 1 N–H and O–H groups in total. The third-order valence-corrected chi connectivity index (χ3v) is 2.34. The molecule has 0 saturated heterocycles. The second kappa shape index (κ2) is 5.09. The molecular weight excluding hydrogens is 212 g/mol. The Labute approximate surface area is 100 Å². The lowest BCUT2D eigenvalue weighted by molar-refractivity contribution is 0.415. The predicted molar refractivity (Wildman–Crippen MR) is 67.1 cm³/mol. The van der Waals surface area contributed by atoms with Gasteiger partial charge in [0.1, 0.15) is 11.5 Å². The monoisotopic (exact) mass is 224 g/mol. The minimum Gasteiger partial charge on any atom is -0.507 e. The quantitative estimate of drug-likeness (QED) is 0.755. The molecule has 0 heterocycles. The Kier molecular flexibility index (Phi) is 3.32. The highest BCUT2D eigenvalue weighted by molar-refractivity contribution is 5.49. The molecule has 0 bridgehead atoms. The van der Waals surface area contributed by atoms with Crippen LogP contribution in [0.5, 0.6) is 11.5 Å². The van der Waals surface area contributed by atoms with E-state index in [1.165, 1.54) is 0 Å². The maximum Gasteiger partial charge on any atom is 0.131 e. The van der Waals surface area contributed by atoms with E-state index in [0.717, 1.165) is 11.3 Å². The summed E-state index contributed by atoms with van der Waals surface area (Å²) in [5.74, 6) is 6.92. The summed E-state index contributed by atoms with van der Waals surface area (Å²) in [7, 11) is 1.63. The normalized spacial score (nSPS) is 9.24. The fraction of sp³-hybridized carbons (Fsp3) is 0.0667. The maximum absolute atomic E-state index is 9.55. The fourth-order valence-electron chi connectivity index (χ4n) is 1.39. The van der Waals surface area contributed by atoms with Gasteiger partial charge in [-0.2, -0.15) is 0 Å². The van der Waals surface area contributed by atoms with Crippen LogP contribution in [0.3, 0.4) is 0 Å². The molecule has 2 rings (SSSR count). The van der Waals surface area contributed by atoms with Crippen molar-refractivity contribution < 1.29 is 9.84 Å². The third kappa shape index (κ3) is 2.79. The summed E-state index contributed by atoms with van der Waals surface area (Å²) in [5.41, 5.74) is 1.51. The molecule has 0 aliphatic carbocycles. The lowest BCUT2D eigenvalue weighted by Crippen LogP contribution is -1.82. The van der Waals surface area contributed by atoms with Crippen molar-refractivity contribution in [1.29, 1.82) is 0 Å². The van der Waals surface area contributed by atoms with E-state index in [1.54, 1.807) is 25.3 Å². The van der Waals surface area contributed by atoms with E-state index in [4.69, 9.17) is 4.74 Å². The van der Waals surface area contributed by atoms with Crippen LogP contribution in [-0.2, 0) is 0 Å². The van der Waals surface area contributed by atoms with Crippen LogP contribution in [0.2, 0.25) is 0 Å². The zero-order chi connectivity index (χ0) is 12.1. The van der Waals surface area contributed by atoms with E-state index < -0.39 is 0 Å². The first kappa shape index (κ1) is 11.1. The summed E-state index contributed by atoms with van der Waals surface area (Å²) in [5, 5.41) is 9.55. The van der Waals surface area contributed by atoms with Gasteiger partial charge in [0.2, 0.25) is 0 Å². The van der Waals surface area contributed by atoms with Gasteiger partial charge in [-0.05, 0) is 36.4 Å². The molecular formula is C15H12O2. The van der Waals surface area contributed by atoms with Gasteiger partial charge in [-0.1, -0.05) is 24.0 Å². The highest BCUT2D eigenvalue weighted by Gasteiger charge is 1.94. The van der Waals surface area contributed by atoms with Gasteiger partial charge in [-0.25, -0.2) is 0 Å². The van der Waals surface area contributed by atoms with Gasteiger partial charge in [0.15, 0.2) is 0 Å². The molecule has 2 heteroatoms. The summed E-state index contributed by atoms with van der Waals surface area (Å²) >= 11 is 0. The van der Waals surface area contributed by atoms with E-state index in [1.807, 2.05) is 30.3 Å². The SMILES string of the molecule is COc1ccc(C#Cc2ccccc2O)cc1. The van der Waals surface area contributed by atoms with Gasteiger partial charge in [-0.3, -0.25) is 0 Å². The number of aromatic hydroxyl groups is 1. The fourth-order valence-corrected chi connectivity index (χ4v) is 1.39. The lowest BCUT2D eigenvalue weighted by Gasteiger charge is -1.97. The zero-order valence-corrected chi connectivity index (χ0v) is 9.47. The number of benzene rings is 2. The number of ether oxygens (including phenoxy) is 1. The number of phenolic OH excluding ortho intramolecular Hbond substituents is 1. The Morgan fingerprint density at radius 2 is 1.65 bits per heavy atom. The summed E-state index contributed by atoms with van der Waals surface area (Å²) in [6.07, 6.45) is 0. The molecule has 0 aromatic heterocycles. The molecule has 0 unspecified atom stereocenters. The zero-order valence-electron chi connectivity index (χ0n) is 9.47. The number of hydrogen-bond donors (Lipinski definition) is 1. The van der Waals surface area contributed by atoms with Crippen molar-refractivity contribution >= 4 is 0 Å². The van der Waals surface area contributed by atoms with Gasteiger partial charge in [0.05, 0.1) is 12.7 Å². The molecule has 0 aliphatic rings. The second-order valence-electron chi connectivity index (χ2n) is 3.50. The van der Waals surface area contributed by atoms with Crippen LogP contribution in [0.1, 0.15) is 11.1 Å². The molecule has 17 heavy (non-hydrogen) atoms. The summed E-state index contributed by atoms with van der Waals surface area (Å²) in [4.78, 5) is 0. The first-order chi connectivity index (χ1) is 8.29. The molecule has 0 saturated carbocycles. The Bertz CT molecular complexity index is 559. The average Bonchev–Trinajstić information content (AvgIpc) is 2.38. The third-order valence-electron chi connectivity index (χ3n) is 2.34. The Morgan fingerprint density at radius 3 is 2.29 bits per heavy atom. The van der Waals surface area contributed by atoms with Gasteiger partial charge >= 0.3 is 0 Å². The standard InChI is InChI=1S/C15H12O2/c1-17-14-10-7-12(8-11-14)6-9-13-4-2-3-5-15(13)16/h2-5,7-8,10-11,16H,1H3. The summed E-state index contributed by atoms with van der Waals surface area (Å²) < 4.78 is 5.06. The summed E-state index contributed by atoms with van der Waals surface area (Å²) in [6.45, 7) is 0. The van der Waals surface area contributed by atoms with Crippen LogP contribution in [0.25, 0.3) is 0 Å². The Morgan fingerprint density at radius 1 is 0.941 bits per heavy atom. The molecule has 0 amide bonds. The van der Waals surface area contributed by atoms with Crippen LogP contribution in [-0.4, -0.2) is 12.2 Å². The van der Waals surface area contributed by atoms with Crippen LogP contribution >= 0.6 is 0 Å². The smallest absolute Gasteiger partial charge is 0.131 e. The molecule has 2 aromatic carbocycles. The van der Waals surface area contributed by atoms with Gasteiger partial charge in [-0.15, -0.1) is 0 Å². The van der Waals surface area contributed by atoms with Crippen molar-refractivity contribution in [2.24, 2.45) is 0 Å². The number of phenols is 1. The van der Waals surface area contributed by atoms with E-state index in [9.17, 15) is 5.11 Å². The average molecular weight is 224 g/mol. The van der Waals surface area contributed by atoms with E-state index in [-0.39, 0.29) is 5.75 Å². The highest BCUT2D eigenvalue weighted by Crippen LogP contribution is 2.14. The van der Waals surface area contributed by atoms with Crippen LogP contribution in [0.4, 0.5) is 0 Å². The maximum atomic E-state index is 9.55. The molecule has 2 nitrogen and oxygen atoms in total. The minimum atomic E-state index is 0.202. The van der Waals surface area contributed by atoms with Gasteiger partial charge in [0.25, 0.3) is 0 Å². The first-order valence-electron chi connectivity index (χ1n) is 5.23. The second-order valence-corrected chi connectivity index (χ2v) is 3.50. The number of hydrogen-bond acceptors (Lipinski definition) is 2. The molecule has 0 aliphatic heterocycles. The molecule has 0 radical (unpaired) electrons.